The van der Waals surface area contributed by atoms with Crippen molar-refractivity contribution in [1.82, 2.24) is 9.55 Å². The second kappa shape index (κ2) is 8.70. The lowest BCUT2D eigenvalue weighted by Crippen LogP contribution is -2.44. The number of nitrogens with zero attached hydrogens (tertiary/aromatic N) is 2. The van der Waals surface area contributed by atoms with Crippen LogP contribution in [0.25, 0.3) is 0 Å². The molecule has 5 atom stereocenters. The third-order valence-corrected chi connectivity index (χ3v) is 8.52. The number of nitrogen functional groups attached to an aromatic ring is 1. The first kappa shape index (κ1) is 25.0. The quantitative estimate of drug-likeness (QED) is 0.125. The average molecular weight is 593 g/mol. The van der Waals surface area contributed by atoms with E-state index in [-0.39, 0.29) is 12.2 Å². The van der Waals surface area contributed by atoms with Crippen molar-refractivity contribution in [2.45, 2.75) is 22.4 Å². The summed E-state index contributed by atoms with van der Waals surface area (Å²) in [4.78, 5) is 50.9. The minimum atomic E-state index is -5.65. The van der Waals surface area contributed by atoms with E-state index < -0.39 is 51.7 Å². The summed E-state index contributed by atoms with van der Waals surface area (Å²) in [6.07, 6.45) is -1.39. The maximum absolute atomic E-state index is 12.0. The molecule has 1 aromatic rings. The van der Waals surface area contributed by atoms with Crippen LogP contribution in [0.5, 0.6) is 0 Å². The van der Waals surface area contributed by atoms with Crippen molar-refractivity contribution in [1.29, 1.82) is 0 Å². The third kappa shape index (κ3) is 6.87. The Morgan fingerprint density at radius 3 is 2.45 bits per heavy atom. The maximum Gasteiger partial charge on any atom is 0.490 e. The third-order valence-electron chi connectivity index (χ3n) is 3.22. The van der Waals surface area contributed by atoms with Crippen LogP contribution in [0.2, 0.25) is 0 Å². The number of hydrogen-bond donors (Lipinski definition) is 6. The van der Waals surface area contributed by atoms with E-state index in [9.17, 15) is 28.5 Å². The number of aliphatic hydroxyl groups excluding tert-OH is 1. The summed E-state index contributed by atoms with van der Waals surface area (Å²) in [5.41, 5.74) is 4.55. The molecule has 1 aliphatic heterocycles. The molecule has 2 heterocycles. The van der Waals surface area contributed by atoms with E-state index in [1.54, 1.807) is 22.6 Å². The Morgan fingerprint density at radius 2 is 1.90 bits per heavy atom. The van der Waals surface area contributed by atoms with E-state index in [1.165, 1.54) is 12.3 Å². The van der Waals surface area contributed by atoms with Gasteiger partial charge in [-0.3, -0.25) is 9.09 Å². The SMILES string of the molecule is Nc1ccn([C@]2(I)O[C@H](COP(=O)(O)OP(=O)(O)OP(=O)(O)O)C[C@H]2O)c(=O)n1. The lowest BCUT2D eigenvalue weighted by atomic mass is 10.2. The van der Waals surface area contributed by atoms with Gasteiger partial charge in [-0.25, -0.2) is 18.5 Å². The standard InChI is InChI=1S/C9H15IN3O13P3/c10-9(13-2-1-7(11)12-8(13)15)6(14)3-5(24-9)4-23-28(19,20)26-29(21,22)25-27(16,17)18/h1-2,5-6,14H,3-4H2,(H,19,20)(H,21,22)(H2,11,12,15)(H2,16,17,18)/t5-,6+,9-/m0/s1. The minimum Gasteiger partial charge on any atom is -0.387 e. The van der Waals surface area contributed by atoms with Crippen molar-refractivity contribution >= 4 is 51.9 Å². The molecule has 1 aromatic heterocycles. The first-order valence-corrected chi connectivity index (χ1v) is 12.8. The fourth-order valence-electron chi connectivity index (χ4n) is 2.20. The highest BCUT2D eigenvalue weighted by Gasteiger charge is 2.49. The molecule has 0 saturated carbocycles. The van der Waals surface area contributed by atoms with E-state index in [0.717, 1.165) is 4.57 Å². The topological polar surface area (TPSA) is 250 Å². The molecule has 1 saturated heterocycles. The number of nitrogens with two attached hydrogens (primary N) is 1. The van der Waals surface area contributed by atoms with Crippen LogP contribution in [0.4, 0.5) is 5.82 Å². The monoisotopic (exact) mass is 593 g/mol. The van der Waals surface area contributed by atoms with Gasteiger partial charge in [0.15, 0.2) is 0 Å². The van der Waals surface area contributed by atoms with Crippen LogP contribution in [-0.4, -0.2) is 53.0 Å². The van der Waals surface area contributed by atoms with Gasteiger partial charge in [0, 0.05) is 12.6 Å². The van der Waals surface area contributed by atoms with Crippen molar-refractivity contribution in [2.24, 2.45) is 0 Å². The molecule has 0 radical (unpaired) electrons. The number of aromatic nitrogens is 2. The molecule has 2 rings (SSSR count). The van der Waals surface area contributed by atoms with Gasteiger partial charge in [-0.15, -0.1) is 0 Å². The molecule has 1 fully saturated rings. The van der Waals surface area contributed by atoms with Gasteiger partial charge in [0.25, 0.3) is 0 Å². The number of halogens is 1. The second-order valence-corrected chi connectivity index (χ2v) is 11.5. The van der Waals surface area contributed by atoms with Gasteiger partial charge in [-0.2, -0.15) is 13.6 Å². The Kier molecular flexibility index (Phi) is 7.50. The number of phosphoric acid groups is 3. The zero-order valence-electron chi connectivity index (χ0n) is 13.9. The Hall–Kier alpha value is -0.260. The summed E-state index contributed by atoms with van der Waals surface area (Å²) in [6, 6.07) is 1.28. The molecular weight excluding hydrogens is 578 g/mol. The van der Waals surface area contributed by atoms with E-state index in [2.05, 4.69) is 18.1 Å². The summed E-state index contributed by atoms with van der Waals surface area (Å²) < 4.78 is 49.9. The Labute approximate surface area is 175 Å². The number of anilines is 1. The molecule has 0 spiro atoms. The lowest BCUT2D eigenvalue weighted by Gasteiger charge is -2.27. The van der Waals surface area contributed by atoms with Crippen LogP contribution in [0.1, 0.15) is 6.42 Å². The van der Waals surface area contributed by atoms with Gasteiger partial charge in [0.1, 0.15) is 11.9 Å². The van der Waals surface area contributed by atoms with Gasteiger partial charge in [0.05, 0.1) is 12.7 Å². The van der Waals surface area contributed by atoms with Gasteiger partial charge in [0.2, 0.25) is 3.73 Å². The predicted molar refractivity (Wildman–Crippen MR) is 100 cm³/mol. The van der Waals surface area contributed by atoms with Crippen molar-refractivity contribution in [3.63, 3.8) is 0 Å². The van der Waals surface area contributed by atoms with Crippen LogP contribution >= 0.6 is 46.1 Å². The van der Waals surface area contributed by atoms with Crippen LogP contribution < -0.4 is 11.4 Å². The predicted octanol–water partition coefficient (Wildman–Crippen LogP) is -0.636. The summed E-state index contributed by atoms with van der Waals surface area (Å²) >= 11 is 1.61. The normalized spacial score (nSPS) is 29.3. The van der Waals surface area contributed by atoms with Crippen molar-refractivity contribution in [2.75, 3.05) is 12.3 Å². The summed E-state index contributed by atoms with van der Waals surface area (Å²) in [7, 11) is -16.5. The van der Waals surface area contributed by atoms with Crippen LogP contribution in [-0.2, 0) is 35.3 Å². The fourth-order valence-corrected chi connectivity index (χ4v) is 6.23. The van der Waals surface area contributed by atoms with E-state index >= 15 is 0 Å². The van der Waals surface area contributed by atoms with Gasteiger partial charge >= 0.3 is 29.2 Å². The number of ether oxygens (including phenoxy) is 1. The summed E-state index contributed by atoms with van der Waals surface area (Å²) in [5, 5.41) is 10.2. The van der Waals surface area contributed by atoms with Gasteiger partial charge in [-0.05, 0) is 28.7 Å². The zero-order chi connectivity index (χ0) is 22.3. The molecule has 166 valence electrons. The first-order valence-electron chi connectivity index (χ1n) is 7.22. The summed E-state index contributed by atoms with van der Waals surface area (Å²) in [6.45, 7) is -0.775. The molecule has 16 nitrogen and oxygen atoms in total. The summed E-state index contributed by atoms with van der Waals surface area (Å²) in [5.74, 6) is -0.0667. The fraction of sp³-hybridized carbons (Fsp3) is 0.556. The molecule has 20 heteroatoms. The maximum atomic E-state index is 12.0. The van der Waals surface area contributed by atoms with E-state index in [4.69, 9.17) is 25.2 Å². The number of phosphoric ester groups is 1. The highest BCUT2D eigenvalue weighted by atomic mass is 127. The largest absolute Gasteiger partial charge is 0.490 e. The van der Waals surface area contributed by atoms with E-state index in [0.29, 0.717) is 0 Å². The Bertz CT molecular complexity index is 966. The number of alkyl halides is 1. The van der Waals surface area contributed by atoms with Gasteiger partial charge in [-0.1, -0.05) is 0 Å². The van der Waals surface area contributed by atoms with Crippen LogP contribution in [0, 0.1) is 0 Å². The molecule has 0 amide bonds. The molecule has 0 aromatic carbocycles. The molecule has 29 heavy (non-hydrogen) atoms. The number of rotatable bonds is 8. The molecule has 0 bridgehead atoms. The molecule has 2 unspecified atom stereocenters. The van der Waals surface area contributed by atoms with E-state index in [1.807, 2.05) is 0 Å². The average Bonchev–Trinajstić information content (AvgIpc) is 2.77. The smallest absolute Gasteiger partial charge is 0.387 e. The molecular formula is C9H15IN3O13P3. The van der Waals surface area contributed by atoms with Crippen LogP contribution in [0.15, 0.2) is 17.1 Å². The zero-order valence-corrected chi connectivity index (χ0v) is 18.8. The molecule has 0 aliphatic carbocycles. The number of hydrogen-bond acceptors (Lipinski definition) is 11. The first-order chi connectivity index (χ1) is 13.0. The lowest BCUT2D eigenvalue weighted by molar-refractivity contribution is -0.0671. The van der Waals surface area contributed by atoms with Crippen molar-refractivity contribution < 1.29 is 56.3 Å². The van der Waals surface area contributed by atoms with Crippen LogP contribution in [0.3, 0.4) is 0 Å². The highest BCUT2D eigenvalue weighted by Crippen LogP contribution is 2.66. The Balaban J connectivity index is 2.05. The second-order valence-electron chi connectivity index (χ2n) is 5.49. The number of aliphatic hydroxyl groups is 1. The molecule has 1 aliphatic rings. The molecule has 7 N–H and O–H groups in total. The van der Waals surface area contributed by atoms with Crippen molar-refractivity contribution in [3.05, 3.63) is 22.7 Å². The highest BCUT2D eigenvalue weighted by molar-refractivity contribution is 14.1. The minimum absolute atomic E-state index is 0.0667. The van der Waals surface area contributed by atoms with Crippen molar-refractivity contribution in [3.8, 4) is 0 Å². The van der Waals surface area contributed by atoms with Gasteiger partial charge < -0.3 is 35.2 Å². The Morgan fingerprint density at radius 1 is 1.28 bits per heavy atom.